The fraction of sp³-hybridized carbons (Fsp3) is 0.364. The molecule has 78 valence electrons. The molecule has 0 aromatic heterocycles. The van der Waals surface area contributed by atoms with Crippen LogP contribution in [-0.4, -0.2) is 17.1 Å². The highest BCUT2D eigenvalue weighted by molar-refractivity contribution is 5.72. The number of hydrogen-bond donors (Lipinski definition) is 2. The molecule has 1 aromatic rings. The molecule has 1 atom stereocenters. The minimum atomic E-state index is -0.963. The second-order valence-electron chi connectivity index (χ2n) is 3.29. The number of carbonyl (C=O) groups is 1. The van der Waals surface area contributed by atoms with E-state index in [1.807, 2.05) is 0 Å². The Bertz CT molecular complexity index is 278. The minimum absolute atomic E-state index is 0.731. The summed E-state index contributed by atoms with van der Waals surface area (Å²) in [7, 11) is 0. The van der Waals surface area contributed by atoms with Crippen molar-refractivity contribution in [2.75, 3.05) is 0 Å². The molecule has 0 bridgehead atoms. The van der Waals surface area contributed by atoms with Crippen LogP contribution in [0.5, 0.6) is 0 Å². The minimum Gasteiger partial charge on any atom is -0.480 e. The van der Waals surface area contributed by atoms with Gasteiger partial charge in [-0.05, 0) is 20.8 Å². The summed E-state index contributed by atoms with van der Waals surface area (Å²) < 4.78 is 0. The van der Waals surface area contributed by atoms with Gasteiger partial charge in [-0.1, -0.05) is 35.4 Å². The molecule has 1 aromatic carbocycles. The predicted octanol–water partition coefficient (Wildman–Crippen LogP) is 1.72. The first-order valence-corrected chi connectivity index (χ1v) is 4.45. The molecule has 0 saturated carbocycles. The van der Waals surface area contributed by atoms with Crippen molar-refractivity contribution >= 4 is 5.97 Å². The van der Waals surface area contributed by atoms with Gasteiger partial charge in [-0.15, -0.1) is 0 Å². The number of hydrogen-bond acceptors (Lipinski definition) is 2. The Labute approximate surface area is 84.6 Å². The summed E-state index contributed by atoms with van der Waals surface area (Å²) in [6.45, 7) is 5.63. The number of nitrogens with two attached hydrogens (primary N) is 1. The lowest BCUT2D eigenvalue weighted by Gasteiger charge is -1.90. The van der Waals surface area contributed by atoms with E-state index in [4.69, 9.17) is 10.8 Å². The summed E-state index contributed by atoms with van der Waals surface area (Å²) in [5, 5.41) is 7.87. The van der Waals surface area contributed by atoms with Gasteiger partial charge in [0.1, 0.15) is 6.04 Å². The standard InChI is InChI=1S/C8H10.C3H7NO2/c1-7-4-3-5-8(2)6-7;1-2(4)3(5)6/h3-6H,1-2H3;2H,4H2,1H3,(H,5,6). The van der Waals surface area contributed by atoms with E-state index in [-0.39, 0.29) is 0 Å². The van der Waals surface area contributed by atoms with Gasteiger partial charge in [0.25, 0.3) is 0 Å². The fourth-order valence-electron chi connectivity index (χ4n) is 0.807. The van der Waals surface area contributed by atoms with Gasteiger partial charge < -0.3 is 10.8 Å². The van der Waals surface area contributed by atoms with Crippen molar-refractivity contribution in [3.8, 4) is 0 Å². The van der Waals surface area contributed by atoms with Gasteiger partial charge in [0.05, 0.1) is 0 Å². The second-order valence-corrected chi connectivity index (χ2v) is 3.29. The Morgan fingerprint density at radius 3 is 1.86 bits per heavy atom. The summed E-state index contributed by atoms with van der Waals surface area (Å²) >= 11 is 0. The van der Waals surface area contributed by atoms with Crippen LogP contribution < -0.4 is 5.73 Å². The van der Waals surface area contributed by atoms with E-state index in [0.717, 1.165) is 0 Å². The maximum absolute atomic E-state index is 9.57. The molecule has 0 fully saturated rings. The zero-order valence-electron chi connectivity index (χ0n) is 8.82. The van der Waals surface area contributed by atoms with Crippen molar-refractivity contribution in [1.29, 1.82) is 0 Å². The largest absolute Gasteiger partial charge is 0.480 e. The molecule has 0 radical (unpaired) electrons. The van der Waals surface area contributed by atoms with E-state index in [0.29, 0.717) is 0 Å². The predicted molar refractivity (Wildman–Crippen MR) is 57.2 cm³/mol. The average molecular weight is 195 g/mol. The molecule has 0 aliphatic carbocycles. The van der Waals surface area contributed by atoms with Gasteiger partial charge in [-0.25, -0.2) is 0 Å². The molecule has 0 aliphatic rings. The van der Waals surface area contributed by atoms with Crippen molar-refractivity contribution in [2.45, 2.75) is 26.8 Å². The molecule has 3 N–H and O–H groups in total. The van der Waals surface area contributed by atoms with Crippen LogP contribution in [0, 0.1) is 13.8 Å². The number of benzene rings is 1. The van der Waals surface area contributed by atoms with Gasteiger partial charge in [0.15, 0.2) is 0 Å². The van der Waals surface area contributed by atoms with E-state index in [1.54, 1.807) is 0 Å². The number of aryl methyl sites for hydroxylation is 2. The molecule has 0 spiro atoms. The Hall–Kier alpha value is -1.35. The van der Waals surface area contributed by atoms with Crippen molar-refractivity contribution in [2.24, 2.45) is 5.73 Å². The third-order valence-corrected chi connectivity index (χ3v) is 1.56. The first-order chi connectivity index (χ1) is 6.43. The summed E-state index contributed by atoms with van der Waals surface area (Å²) in [5.41, 5.74) is 7.51. The summed E-state index contributed by atoms with van der Waals surface area (Å²) in [6, 6.07) is 7.72. The van der Waals surface area contributed by atoms with E-state index in [1.165, 1.54) is 18.1 Å². The first-order valence-electron chi connectivity index (χ1n) is 4.45. The van der Waals surface area contributed by atoms with Crippen LogP contribution in [0.4, 0.5) is 0 Å². The SMILES string of the molecule is CC(N)C(=O)O.Cc1cccc(C)c1. The molecule has 0 aliphatic heterocycles. The number of rotatable bonds is 1. The Morgan fingerprint density at radius 1 is 1.36 bits per heavy atom. The normalized spacial score (nSPS) is 11.1. The van der Waals surface area contributed by atoms with Crippen LogP contribution >= 0.6 is 0 Å². The molecule has 0 amide bonds. The topological polar surface area (TPSA) is 63.3 Å². The zero-order chi connectivity index (χ0) is 11.1. The Morgan fingerprint density at radius 2 is 1.71 bits per heavy atom. The maximum Gasteiger partial charge on any atom is 0.320 e. The van der Waals surface area contributed by atoms with Gasteiger partial charge in [-0.3, -0.25) is 4.79 Å². The van der Waals surface area contributed by atoms with Crippen LogP contribution in [0.25, 0.3) is 0 Å². The third-order valence-electron chi connectivity index (χ3n) is 1.56. The molecular weight excluding hydrogens is 178 g/mol. The Kier molecular flexibility index (Phi) is 5.56. The van der Waals surface area contributed by atoms with Gasteiger partial charge >= 0.3 is 5.97 Å². The van der Waals surface area contributed by atoms with Crippen LogP contribution in [0.2, 0.25) is 0 Å². The number of aliphatic carboxylic acids is 1. The maximum atomic E-state index is 9.57. The van der Waals surface area contributed by atoms with Crippen LogP contribution in [-0.2, 0) is 4.79 Å². The third kappa shape index (κ3) is 6.20. The average Bonchev–Trinajstić information content (AvgIpc) is 2.04. The smallest absolute Gasteiger partial charge is 0.320 e. The zero-order valence-corrected chi connectivity index (χ0v) is 8.82. The monoisotopic (exact) mass is 195 g/mol. The van der Waals surface area contributed by atoms with Gasteiger partial charge in [-0.2, -0.15) is 0 Å². The van der Waals surface area contributed by atoms with Crippen molar-refractivity contribution < 1.29 is 9.90 Å². The molecule has 3 heteroatoms. The fourth-order valence-corrected chi connectivity index (χ4v) is 0.807. The van der Waals surface area contributed by atoms with Crippen molar-refractivity contribution in [3.05, 3.63) is 35.4 Å². The van der Waals surface area contributed by atoms with Gasteiger partial charge in [0, 0.05) is 0 Å². The molecule has 0 heterocycles. The van der Waals surface area contributed by atoms with E-state index < -0.39 is 12.0 Å². The quantitative estimate of drug-likeness (QED) is 0.717. The molecule has 1 unspecified atom stereocenters. The number of carboxylic acid groups (broad SMARTS) is 1. The van der Waals surface area contributed by atoms with Crippen molar-refractivity contribution in [3.63, 3.8) is 0 Å². The highest BCUT2D eigenvalue weighted by atomic mass is 16.4. The van der Waals surface area contributed by atoms with E-state index >= 15 is 0 Å². The first kappa shape index (κ1) is 12.7. The van der Waals surface area contributed by atoms with Crippen LogP contribution in [0.1, 0.15) is 18.1 Å². The molecule has 0 saturated heterocycles. The molecule has 3 nitrogen and oxygen atoms in total. The van der Waals surface area contributed by atoms with E-state index in [2.05, 4.69) is 38.1 Å². The lowest BCUT2D eigenvalue weighted by Crippen LogP contribution is -2.25. The summed E-state index contributed by atoms with van der Waals surface area (Å²) in [4.78, 5) is 9.57. The molecule has 1 rings (SSSR count). The number of carboxylic acids is 1. The second kappa shape index (κ2) is 6.16. The Balaban J connectivity index is 0.000000255. The highest BCUT2D eigenvalue weighted by Crippen LogP contribution is 2.00. The van der Waals surface area contributed by atoms with Gasteiger partial charge in [0.2, 0.25) is 0 Å². The molecule has 14 heavy (non-hydrogen) atoms. The van der Waals surface area contributed by atoms with Crippen molar-refractivity contribution in [1.82, 2.24) is 0 Å². The summed E-state index contributed by atoms with van der Waals surface area (Å²) in [5.74, 6) is -0.963. The van der Waals surface area contributed by atoms with E-state index in [9.17, 15) is 4.79 Å². The molecular formula is C11H17NO2. The lowest BCUT2D eigenvalue weighted by atomic mass is 10.2. The lowest BCUT2D eigenvalue weighted by molar-refractivity contribution is -0.138. The highest BCUT2D eigenvalue weighted by Gasteiger charge is 1.99. The van der Waals surface area contributed by atoms with Crippen LogP contribution in [0.15, 0.2) is 24.3 Å². The van der Waals surface area contributed by atoms with Crippen LogP contribution in [0.3, 0.4) is 0 Å². The summed E-state index contributed by atoms with van der Waals surface area (Å²) in [6.07, 6.45) is 0.